The molecule has 1 saturated carbocycles. The summed E-state index contributed by atoms with van der Waals surface area (Å²) >= 11 is 0. The van der Waals surface area contributed by atoms with Crippen LogP contribution >= 0.6 is 12.4 Å². The number of aromatic nitrogens is 1. The molecule has 1 aromatic heterocycles. The van der Waals surface area contributed by atoms with E-state index in [1.54, 1.807) is 6.20 Å². The standard InChI is InChI=1S/C15H21N3O.ClH/c19-15(12-4-1-2-5-12)18-9-8-17-11-14(18)13-6-3-7-16-10-13;/h3,6-7,10,12,14,17H,1-2,4-5,8-9,11H2;1H. The van der Waals surface area contributed by atoms with Crippen LogP contribution in [-0.2, 0) is 4.79 Å². The van der Waals surface area contributed by atoms with Crippen molar-refractivity contribution in [1.29, 1.82) is 0 Å². The Kier molecular flexibility index (Phi) is 5.38. The van der Waals surface area contributed by atoms with E-state index in [9.17, 15) is 4.79 Å². The Balaban J connectivity index is 0.00000147. The molecular formula is C15H22ClN3O. The lowest BCUT2D eigenvalue weighted by atomic mass is 10.0. The van der Waals surface area contributed by atoms with Crippen LogP contribution in [0.5, 0.6) is 0 Å². The van der Waals surface area contributed by atoms with E-state index < -0.39 is 0 Å². The maximum absolute atomic E-state index is 12.7. The summed E-state index contributed by atoms with van der Waals surface area (Å²) in [6.07, 6.45) is 8.22. The molecule has 1 atom stereocenters. The molecule has 0 aromatic carbocycles. The van der Waals surface area contributed by atoms with Crippen LogP contribution in [0.2, 0.25) is 0 Å². The molecule has 20 heavy (non-hydrogen) atoms. The lowest BCUT2D eigenvalue weighted by Crippen LogP contribution is -2.50. The minimum atomic E-state index is 0. The van der Waals surface area contributed by atoms with Gasteiger partial charge in [-0.05, 0) is 24.5 Å². The summed E-state index contributed by atoms with van der Waals surface area (Å²) in [4.78, 5) is 18.9. The molecule has 2 heterocycles. The quantitative estimate of drug-likeness (QED) is 0.909. The Hall–Kier alpha value is -1.13. The number of carbonyl (C=O) groups excluding carboxylic acids is 1. The fraction of sp³-hybridized carbons (Fsp3) is 0.600. The second-order valence-electron chi connectivity index (χ2n) is 5.52. The zero-order valence-corrected chi connectivity index (χ0v) is 12.4. The minimum absolute atomic E-state index is 0. The van der Waals surface area contributed by atoms with Crippen molar-refractivity contribution < 1.29 is 4.79 Å². The van der Waals surface area contributed by atoms with Crippen molar-refractivity contribution in [1.82, 2.24) is 15.2 Å². The van der Waals surface area contributed by atoms with E-state index in [2.05, 4.69) is 21.3 Å². The van der Waals surface area contributed by atoms with E-state index in [0.29, 0.717) is 5.91 Å². The smallest absolute Gasteiger partial charge is 0.226 e. The molecule has 1 amide bonds. The highest BCUT2D eigenvalue weighted by molar-refractivity contribution is 5.85. The van der Waals surface area contributed by atoms with Crippen LogP contribution in [0.1, 0.15) is 37.3 Å². The van der Waals surface area contributed by atoms with Crippen molar-refractivity contribution >= 4 is 18.3 Å². The van der Waals surface area contributed by atoms with Crippen LogP contribution < -0.4 is 5.32 Å². The number of rotatable bonds is 2. The summed E-state index contributed by atoms with van der Waals surface area (Å²) in [5.41, 5.74) is 1.14. The summed E-state index contributed by atoms with van der Waals surface area (Å²) in [5, 5.41) is 3.39. The summed E-state index contributed by atoms with van der Waals surface area (Å²) in [6, 6.07) is 4.16. The van der Waals surface area contributed by atoms with Crippen molar-refractivity contribution in [2.75, 3.05) is 19.6 Å². The highest BCUT2D eigenvalue weighted by Crippen LogP contribution is 2.30. The third kappa shape index (κ3) is 3.13. The molecule has 1 aliphatic carbocycles. The number of nitrogens with zero attached hydrogens (tertiary/aromatic N) is 2. The second-order valence-corrected chi connectivity index (χ2v) is 5.52. The van der Waals surface area contributed by atoms with Crippen LogP contribution in [0.15, 0.2) is 24.5 Å². The monoisotopic (exact) mass is 295 g/mol. The van der Waals surface area contributed by atoms with Gasteiger partial charge in [0.1, 0.15) is 0 Å². The Morgan fingerprint density at radius 2 is 2.15 bits per heavy atom. The molecule has 1 aromatic rings. The molecule has 3 rings (SSSR count). The maximum Gasteiger partial charge on any atom is 0.226 e. The van der Waals surface area contributed by atoms with Gasteiger partial charge in [-0.15, -0.1) is 12.4 Å². The Labute approximate surface area is 126 Å². The normalized spacial score (nSPS) is 23.4. The summed E-state index contributed by atoms with van der Waals surface area (Å²) in [6.45, 7) is 2.55. The molecule has 1 N–H and O–H groups in total. The van der Waals surface area contributed by atoms with Crippen LogP contribution in [0.4, 0.5) is 0 Å². The van der Waals surface area contributed by atoms with Crippen LogP contribution in [0.3, 0.4) is 0 Å². The first-order chi connectivity index (χ1) is 9.36. The van der Waals surface area contributed by atoms with Crippen molar-refractivity contribution in [3.05, 3.63) is 30.1 Å². The van der Waals surface area contributed by atoms with Crippen LogP contribution in [0, 0.1) is 5.92 Å². The number of piperazine rings is 1. The zero-order chi connectivity index (χ0) is 13.1. The number of hydrogen-bond donors (Lipinski definition) is 1. The van der Waals surface area contributed by atoms with E-state index in [1.165, 1.54) is 12.8 Å². The zero-order valence-electron chi connectivity index (χ0n) is 11.6. The Bertz CT molecular complexity index is 434. The molecule has 4 nitrogen and oxygen atoms in total. The largest absolute Gasteiger partial charge is 0.333 e. The highest BCUT2D eigenvalue weighted by Gasteiger charge is 2.33. The first kappa shape index (κ1) is 15.3. The Morgan fingerprint density at radius 1 is 1.35 bits per heavy atom. The third-order valence-electron chi connectivity index (χ3n) is 4.30. The number of pyridine rings is 1. The predicted molar refractivity (Wildman–Crippen MR) is 80.8 cm³/mol. The maximum atomic E-state index is 12.7. The van der Waals surface area contributed by atoms with Gasteiger partial charge in [-0.3, -0.25) is 9.78 Å². The van der Waals surface area contributed by atoms with E-state index in [1.807, 2.05) is 12.3 Å². The van der Waals surface area contributed by atoms with Crippen molar-refractivity contribution in [3.8, 4) is 0 Å². The van der Waals surface area contributed by atoms with Gasteiger partial charge in [0.05, 0.1) is 6.04 Å². The van der Waals surface area contributed by atoms with Crippen molar-refractivity contribution in [2.24, 2.45) is 5.92 Å². The van der Waals surface area contributed by atoms with E-state index in [-0.39, 0.29) is 24.4 Å². The molecule has 0 bridgehead atoms. The molecule has 1 aliphatic heterocycles. The van der Waals surface area contributed by atoms with Gasteiger partial charge in [0, 0.05) is 37.9 Å². The summed E-state index contributed by atoms with van der Waals surface area (Å²) < 4.78 is 0. The number of nitrogens with one attached hydrogen (secondary N) is 1. The molecule has 1 saturated heterocycles. The van der Waals surface area contributed by atoms with Gasteiger partial charge in [-0.1, -0.05) is 18.9 Å². The number of hydrogen-bond acceptors (Lipinski definition) is 3. The molecule has 2 fully saturated rings. The first-order valence-electron chi connectivity index (χ1n) is 7.27. The van der Waals surface area contributed by atoms with Gasteiger partial charge in [0.25, 0.3) is 0 Å². The minimum Gasteiger partial charge on any atom is -0.333 e. The van der Waals surface area contributed by atoms with Gasteiger partial charge in [-0.25, -0.2) is 0 Å². The molecule has 5 heteroatoms. The summed E-state index contributed by atoms with van der Waals surface area (Å²) in [7, 11) is 0. The van der Waals surface area contributed by atoms with Crippen LogP contribution in [-0.4, -0.2) is 35.4 Å². The first-order valence-corrected chi connectivity index (χ1v) is 7.27. The Morgan fingerprint density at radius 3 is 2.85 bits per heavy atom. The summed E-state index contributed by atoms with van der Waals surface area (Å²) in [5.74, 6) is 0.616. The lowest BCUT2D eigenvalue weighted by molar-refractivity contribution is -0.138. The van der Waals surface area contributed by atoms with Crippen molar-refractivity contribution in [3.63, 3.8) is 0 Å². The fourth-order valence-corrected chi connectivity index (χ4v) is 3.25. The van der Waals surface area contributed by atoms with E-state index in [4.69, 9.17) is 0 Å². The van der Waals surface area contributed by atoms with Gasteiger partial charge in [0.2, 0.25) is 5.91 Å². The predicted octanol–water partition coefficient (Wildman–Crippen LogP) is 2.17. The molecule has 1 unspecified atom stereocenters. The average molecular weight is 296 g/mol. The fourth-order valence-electron chi connectivity index (χ4n) is 3.25. The van der Waals surface area contributed by atoms with Gasteiger partial charge < -0.3 is 10.2 Å². The SMILES string of the molecule is Cl.O=C(C1CCCC1)N1CCNCC1c1cccnc1. The molecule has 0 radical (unpaired) electrons. The van der Waals surface area contributed by atoms with E-state index >= 15 is 0 Å². The van der Waals surface area contributed by atoms with E-state index in [0.717, 1.165) is 38.0 Å². The second kappa shape index (κ2) is 7.04. The third-order valence-corrected chi connectivity index (χ3v) is 4.30. The number of amides is 1. The molecular weight excluding hydrogens is 274 g/mol. The van der Waals surface area contributed by atoms with Gasteiger partial charge >= 0.3 is 0 Å². The molecule has 110 valence electrons. The van der Waals surface area contributed by atoms with Crippen molar-refractivity contribution in [2.45, 2.75) is 31.7 Å². The molecule has 2 aliphatic rings. The number of carbonyl (C=O) groups is 1. The van der Waals surface area contributed by atoms with Gasteiger partial charge in [0.15, 0.2) is 0 Å². The lowest BCUT2D eigenvalue weighted by Gasteiger charge is -2.37. The van der Waals surface area contributed by atoms with Gasteiger partial charge in [-0.2, -0.15) is 0 Å². The van der Waals surface area contributed by atoms with Crippen LogP contribution in [0.25, 0.3) is 0 Å². The number of halogens is 1. The average Bonchev–Trinajstić information content (AvgIpc) is 3.02. The highest BCUT2D eigenvalue weighted by atomic mass is 35.5. The molecule has 0 spiro atoms. The topological polar surface area (TPSA) is 45.2 Å².